The average Bonchev–Trinajstić information content (AvgIpc) is 3.04. The Morgan fingerprint density at radius 3 is 2.56 bits per heavy atom. The van der Waals surface area contributed by atoms with Gasteiger partial charge in [-0.3, -0.25) is 4.79 Å². The fourth-order valence-corrected chi connectivity index (χ4v) is 3.58. The highest BCUT2D eigenvalue weighted by Gasteiger charge is 2.13. The van der Waals surface area contributed by atoms with Crippen molar-refractivity contribution in [2.24, 2.45) is 0 Å². The molecule has 0 aliphatic rings. The van der Waals surface area contributed by atoms with Gasteiger partial charge < -0.3 is 10.1 Å². The molecule has 140 valence electrons. The predicted octanol–water partition coefficient (Wildman–Crippen LogP) is 5.14. The first-order chi connectivity index (χ1) is 12.9. The largest absolute Gasteiger partial charge is 0.487 e. The Hall–Kier alpha value is -2.66. The number of aromatic nitrogens is 1. The molecule has 0 saturated heterocycles. The van der Waals surface area contributed by atoms with Gasteiger partial charge in [-0.15, -0.1) is 11.3 Å². The zero-order valence-corrected chi connectivity index (χ0v) is 16.9. The molecule has 27 heavy (non-hydrogen) atoms. The number of nitrogens with one attached hydrogen (secondary N) is 1. The first-order valence-corrected chi connectivity index (χ1v) is 9.81. The van der Waals surface area contributed by atoms with Crippen LogP contribution in [0, 0.1) is 20.8 Å². The molecule has 0 fully saturated rings. The summed E-state index contributed by atoms with van der Waals surface area (Å²) >= 11 is 1.60. The van der Waals surface area contributed by atoms with Crippen molar-refractivity contribution in [1.82, 2.24) is 10.3 Å². The Morgan fingerprint density at radius 1 is 1.15 bits per heavy atom. The molecule has 2 aromatic carbocycles. The van der Waals surface area contributed by atoms with Crippen molar-refractivity contribution >= 4 is 17.2 Å². The molecule has 1 N–H and O–H groups in total. The summed E-state index contributed by atoms with van der Waals surface area (Å²) in [5.74, 6) is 0.545. The van der Waals surface area contributed by atoms with Gasteiger partial charge in [0.1, 0.15) is 12.4 Å². The molecule has 3 aromatic rings. The molecular weight excluding hydrogens is 356 g/mol. The minimum atomic E-state index is -0.114. The summed E-state index contributed by atoms with van der Waals surface area (Å²) in [7, 11) is 0. The molecule has 0 spiro atoms. The summed E-state index contributed by atoms with van der Waals surface area (Å²) in [5, 5.41) is 6.07. The number of nitrogens with zero attached hydrogens (tertiary/aromatic N) is 1. The summed E-state index contributed by atoms with van der Waals surface area (Å²) in [6, 6.07) is 13.5. The van der Waals surface area contributed by atoms with Gasteiger partial charge in [0.05, 0.1) is 16.7 Å². The van der Waals surface area contributed by atoms with Crippen molar-refractivity contribution < 1.29 is 9.53 Å². The Labute approximate surface area is 164 Å². The minimum Gasteiger partial charge on any atom is -0.487 e. The zero-order valence-electron chi connectivity index (χ0n) is 16.1. The number of carbonyl (C=O) groups is 1. The third kappa shape index (κ3) is 5.17. The van der Waals surface area contributed by atoms with E-state index in [1.807, 2.05) is 31.4 Å². The lowest BCUT2D eigenvalue weighted by Gasteiger charge is -2.16. The second kappa shape index (κ2) is 8.35. The molecule has 1 amide bonds. The van der Waals surface area contributed by atoms with Gasteiger partial charge >= 0.3 is 0 Å². The first-order valence-electron chi connectivity index (χ1n) is 8.93. The van der Waals surface area contributed by atoms with Crippen LogP contribution in [0.4, 0.5) is 0 Å². The first kappa shape index (κ1) is 19.1. The maximum absolute atomic E-state index is 12.7. The number of rotatable bonds is 6. The van der Waals surface area contributed by atoms with Crippen molar-refractivity contribution in [2.45, 2.75) is 40.3 Å². The van der Waals surface area contributed by atoms with E-state index in [1.165, 1.54) is 11.1 Å². The fourth-order valence-electron chi connectivity index (χ4n) is 2.98. The second-order valence-electron chi connectivity index (χ2n) is 6.79. The SMILES string of the molecule is Cc1cc(C)cc(C(C)NC(=O)c2cccc(OCc3csc(C)n3)c2)c1. The summed E-state index contributed by atoms with van der Waals surface area (Å²) in [6.45, 7) is 8.49. The lowest BCUT2D eigenvalue weighted by molar-refractivity contribution is 0.0939. The lowest BCUT2D eigenvalue weighted by atomic mass is 10.0. The molecule has 0 radical (unpaired) electrons. The van der Waals surface area contributed by atoms with Crippen LogP contribution in [0.1, 0.15) is 50.7 Å². The van der Waals surface area contributed by atoms with Gasteiger partial charge in [-0.2, -0.15) is 0 Å². The molecule has 1 atom stereocenters. The Balaban J connectivity index is 1.65. The van der Waals surface area contributed by atoms with Crippen LogP contribution in [0.2, 0.25) is 0 Å². The summed E-state index contributed by atoms with van der Waals surface area (Å²) in [4.78, 5) is 17.0. The maximum Gasteiger partial charge on any atom is 0.251 e. The summed E-state index contributed by atoms with van der Waals surface area (Å²) in [5.41, 5.74) is 4.97. The van der Waals surface area contributed by atoms with Crippen LogP contribution in [0.3, 0.4) is 0 Å². The number of amides is 1. The van der Waals surface area contributed by atoms with Crippen molar-refractivity contribution in [3.8, 4) is 5.75 Å². The smallest absolute Gasteiger partial charge is 0.251 e. The molecule has 1 aromatic heterocycles. The number of hydrogen-bond acceptors (Lipinski definition) is 4. The van der Waals surface area contributed by atoms with Crippen LogP contribution in [0.25, 0.3) is 0 Å². The van der Waals surface area contributed by atoms with Crippen molar-refractivity contribution in [3.63, 3.8) is 0 Å². The molecule has 0 aliphatic heterocycles. The quantitative estimate of drug-likeness (QED) is 0.644. The summed E-state index contributed by atoms with van der Waals surface area (Å²) in [6.07, 6.45) is 0. The van der Waals surface area contributed by atoms with Gasteiger partial charge in [0.15, 0.2) is 0 Å². The molecule has 5 heteroatoms. The van der Waals surface area contributed by atoms with Gasteiger partial charge in [0.25, 0.3) is 5.91 Å². The fraction of sp³-hybridized carbons (Fsp3) is 0.273. The van der Waals surface area contributed by atoms with Crippen LogP contribution in [0.5, 0.6) is 5.75 Å². The number of hydrogen-bond donors (Lipinski definition) is 1. The number of thiazole rings is 1. The topological polar surface area (TPSA) is 51.2 Å². The second-order valence-corrected chi connectivity index (χ2v) is 7.85. The molecule has 0 bridgehead atoms. The van der Waals surface area contributed by atoms with Gasteiger partial charge in [0, 0.05) is 10.9 Å². The molecule has 4 nitrogen and oxygen atoms in total. The molecule has 1 unspecified atom stereocenters. The third-order valence-corrected chi connectivity index (χ3v) is 5.06. The summed E-state index contributed by atoms with van der Waals surface area (Å²) < 4.78 is 5.78. The molecular formula is C22H24N2O2S. The van der Waals surface area contributed by atoms with Crippen LogP contribution in [0.15, 0.2) is 47.8 Å². The van der Waals surface area contributed by atoms with Gasteiger partial charge in [0.2, 0.25) is 0 Å². The normalized spacial score (nSPS) is 11.9. The van der Waals surface area contributed by atoms with E-state index in [9.17, 15) is 4.79 Å². The van der Waals surface area contributed by atoms with Crippen molar-refractivity contribution in [2.75, 3.05) is 0 Å². The molecule has 0 saturated carbocycles. The minimum absolute atomic E-state index is 0.0707. The van der Waals surface area contributed by atoms with E-state index in [0.29, 0.717) is 17.9 Å². The van der Waals surface area contributed by atoms with Crippen molar-refractivity contribution in [3.05, 3.63) is 80.8 Å². The zero-order chi connectivity index (χ0) is 19.4. The molecule has 0 aliphatic carbocycles. The van der Waals surface area contributed by atoms with E-state index < -0.39 is 0 Å². The monoisotopic (exact) mass is 380 g/mol. The standard InChI is InChI=1S/C22H24N2O2S/c1-14-8-15(2)10-19(9-14)16(3)23-22(25)18-6-5-7-21(11-18)26-12-20-13-27-17(4)24-20/h5-11,13,16H,12H2,1-4H3,(H,23,25). The molecule has 3 rings (SSSR count). The Bertz CT molecular complexity index is 929. The predicted molar refractivity (Wildman–Crippen MR) is 109 cm³/mol. The highest BCUT2D eigenvalue weighted by atomic mass is 32.1. The van der Waals surface area contributed by atoms with Gasteiger partial charge in [-0.25, -0.2) is 4.98 Å². The highest BCUT2D eigenvalue weighted by Crippen LogP contribution is 2.19. The molecule has 1 heterocycles. The number of aryl methyl sites for hydroxylation is 3. The van der Waals surface area contributed by atoms with Gasteiger partial charge in [-0.1, -0.05) is 35.4 Å². The number of carbonyl (C=O) groups excluding carboxylic acids is 1. The van der Waals surface area contributed by atoms with Crippen LogP contribution >= 0.6 is 11.3 Å². The van der Waals surface area contributed by atoms with E-state index in [0.717, 1.165) is 16.3 Å². The van der Waals surface area contributed by atoms with E-state index in [4.69, 9.17) is 4.74 Å². The average molecular weight is 381 g/mol. The van der Waals surface area contributed by atoms with Crippen molar-refractivity contribution in [1.29, 1.82) is 0 Å². The van der Waals surface area contributed by atoms with E-state index >= 15 is 0 Å². The lowest BCUT2D eigenvalue weighted by Crippen LogP contribution is -2.26. The van der Waals surface area contributed by atoms with E-state index in [1.54, 1.807) is 23.5 Å². The maximum atomic E-state index is 12.7. The third-order valence-electron chi connectivity index (χ3n) is 4.24. The number of benzene rings is 2. The van der Waals surface area contributed by atoms with E-state index in [-0.39, 0.29) is 11.9 Å². The van der Waals surface area contributed by atoms with Crippen LogP contribution in [-0.4, -0.2) is 10.9 Å². The van der Waals surface area contributed by atoms with Gasteiger partial charge in [-0.05, 0) is 51.5 Å². The number of ether oxygens (including phenoxy) is 1. The van der Waals surface area contributed by atoms with Crippen LogP contribution < -0.4 is 10.1 Å². The highest BCUT2D eigenvalue weighted by molar-refractivity contribution is 7.09. The van der Waals surface area contributed by atoms with E-state index in [2.05, 4.69) is 42.3 Å². The Kier molecular flexibility index (Phi) is 5.91. The van der Waals surface area contributed by atoms with Crippen LogP contribution in [-0.2, 0) is 6.61 Å². The Morgan fingerprint density at radius 2 is 1.89 bits per heavy atom.